The third-order valence-electron chi connectivity index (χ3n) is 2.50. The summed E-state index contributed by atoms with van der Waals surface area (Å²) in [4.78, 5) is 3.54. The van der Waals surface area contributed by atoms with E-state index in [9.17, 15) is 12.8 Å². The fourth-order valence-electron chi connectivity index (χ4n) is 1.64. The molecule has 2 heterocycles. The predicted octanol–water partition coefficient (Wildman–Crippen LogP) is 1.69. The zero-order chi connectivity index (χ0) is 13.6. The van der Waals surface area contributed by atoms with E-state index in [1.165, 1.54) is 29.4 Å². The number of anilines is 1. The molecule has 3 rings (SSSR count). The van der Waals surface area contributed by atoms with Gasteiger partial charge in [0.2, 0.25) is 5.96 Å². The summed E-state index contributed by atoms with van der Waals surface area (Å²) in [7, 11) is -3.98. The van der Waals surface area contributed by atoms with Crippen LogP contribution in [0.5, 0.6) is 0 Å². The molecule has 0 aliphatic carbocycles. The molecule has 0 spiro atoms. The van der Waals surface area contributed by atoms with Crippen molar-refractivity contribution in [2.45, 2.75) is 4.90 Å². The van der Waals surface area contributed by atoms with Crippen LogP contribution in [0.3, 0.4) is 0 Å². The van der Waals surface area contributed by atoms with E-state index in [1.54, 1.807) is 0 Å². The van der Waals surface area contributed by atoms with Gasteiger partial charge < -0.3 is 5.32 Å². The lowest BCUT2D eigenvalue weighted by Gasteiger charge is -2.18. The lowest BCUT2D eigenvalue weighted by Crippen LogP contribution is -2.27. The molecule has 9 heteroatoms. The molecular formula is C10H6ClFN4O2S. The van der Waals surface area contributed by atoms with Crippen molar-refractivity contribution in [1.29, 1.82) is 0 Å². The van der Waals surface area contributed by atoms with Gasteiger partial charge in [0.1, 0.15) is 17.0 Å². The summed E-state index contributed by atoms with van der Waals surface area (Å²) in [6.07, 6.45) is 4.39. The van der Waals surface area contributed by atoms with Gasteiger partial charge in [-0.1, -0.05) is 11.6 Å². The number of fused-ring (bicyclic) bond motifs is 1. The van der Waals surface area contributed by atoms with Crippen molar-refractivity contribution in [2.24, 2.45) is 4.40 Å². The fourth-order valence-corrected chi connectivity index (χ4v) is 2.91. The lowest BCUT2D eigenvalue weighted by atomic mass is 10.3. The van der Waals surface area contributed by atoms with Crippen LogP contribution in [-0.2, 0) is 10.0 Å². The van der Waals surface area contributed by atoms with Crippen LogP contribution in [-0.4, -0.2) is 23.9 Å². The van der Waals surface area contributed by atoms with Gasteiger partial charge in [-0.2, -0.15) is 8.42 Å². The van der Waals surface area contributed by atoms with Crippen LogP contribution in [0.4, 0.5) is 10.1 Å². The molecule has 1 aromatic heterocycles. The van der Waals surface area contributed by atoms with Gasteiger partial charge in [-0.05, 0) is 12.1 Å². The van der Waals surface area contributed by atoms with Crippen LogP contribution in [0.15, 0.2) is 40.1 Å². The first kappa shape index (κ1) is 12.1. The van der Waals surface area contributed by atoms with Gasteiger partial charge in [-0.25, -0.2) is 9.37 Å². The number of nitrogens with zero attached hydrogens (tertiary/aromatic N) is 3. The molecule has 1 N–H and O–H groups in total. The maximum absolute atomic E-state index is 13.3. The zero-order valence-corrected chi connectivity index (χ0v) is 10.8. The Morgan fingerprint density at radius 1 is 1.37 bits per heavy atom. The molecular weight excluding hydrogens is 295 g/mol. The molecule has 0 fully saturated rings. The Balaban J connectivity index is 2.20. The Bertz CT molecular complexity index is 786. The molecule has 1 aromatic carbocycles. The highest BCUT2D eigenvalue weighted by Crippen LogP contribution is 2.31. The summed E-state index contributed by atoms with van der Waals surface area (Å²) >= 11 is 5.64. The van der Waals surface area contributed by atoms with Crippen LogP contribution in [0.1, 0.15) is 0 Å². The number of sulfonamides is 1. The molecule has 0 unspecified atom stereocenters. The molecule has 1 aliphatic rings. The minimum Gasteiger partial charge on any atom is -0.323 e. The molecule has 0 saturated heterocycles. The van der Waals surface area contributed by atoms with Crippen molar-refractivity contribution in [2.75, 3.05) is 5.32 Å². The van der Waals surface area contributed by atoms with E-state index >= 15 is 0 Å². The SMILES string of the molecule is O=S1(=O)N=C(n2ccnc2)Nc2cc(Cl)c(F)cc21. The van der Waals surface area contributed by atoms with Crippen LogP contribution >= 0.6 is 11.6 Å². The van der Waals surface area contributed by atoms with Gasteiger partial charge in [0.05, 0.1) is 10.7 Å². The summed E-state index contributed by atoms with van der Waals surface area (Å²) in [6, 6.07) is 2.05. The molecule has 19 heavy (non-hydrogen) atoms. The highest BCUT2D eigenvalue weighted by molar-refractivity contribution is 7.90. The Hall–Kier alpha value is -1.93. The zero-order valence-electron chi connectivity index (χ0n) is 9.21. The second-order valence-electron chi connectivity index (χ2n) is 3.75. The second kappa shape index (κ2) is 4.04. The molecule has 1 aliphatic heterocycles. The molecule has 0 radical (unpaired) electrons. The summed E-state index contributed by atoms with van der Waals surface area (Å²) in [5.41, 5.74) is 0.171. The molecule has 0 amide bonds. The molecule has 2 aromatic rings. The van der Waals surface area contributed by atoms with Crippen LogP contribution in [0, 0.1) is 5.82 Å². The smallest absolute Gasteiger partial charge is 0.287 e. The van der Waals surface area contributed by atoms with Gasteiger partial charge in [0, 0.05) is 12.4 Å². The van der Waals surface area contributed by atoms with Gasteiger partial charge in [-0.15, -0.1) is 4.40 Å². The summed E-state index contributed by atoms with van der Waals surface area (Å²) in [6.45, 7) is 0. The normalized spacial score (nSPS) is 16.4. The molecule has 98 valence electrons. The van der Waals surface area contributed by atoms with Crippen molar-refractivity contribution >= 4 is 33.3 Å². The highest BCUT2D eigenvalue weighted by atomic mass is 35.5. The number of imidazole rings is 1. The minimum atomic E-state index is -3.98. The quantitative estimate of drug-likeness (QED) is 0.803. The van der Waals surface area contributed by atoms with E-state index in [0.29, 0.717) is 0 Å². The Morgan fingerprint density at radius 2 is 2.16 bits per heavy atom. The highest BCUT2D eigenvalue weighted by Gasteiger charge is 2.27. The van der Waals surface area contributed by atoms with Gasteiger partial charge in [0.25, 0.3) is 10.0 Å². The fraction of sp³-hybridized carbons (Fsp3) is 0. The van der Waals surface area contributed by atoms with Gasteiger partial charge in [0.15, 0.2) is 0 Å². The standard InChI is InChI=1S/C10H6ClFN4O2S/c11-6-3-8-9(4-7(6)12)19(17,18)15-10(14-8)16-2-1-13-5-16/h1-5H,(H,14,15). The van der Waals surface area contributed by atoms with Crippen LogP contribution < -0.4 is 5.32 Å². The Labute approximate surface area is 112 Å². The topological polar surface area (TPSA) is 76.3 Å². The van der Waals surface area contributed by atoms with Crippen LogP contribution in [0.2, 0.25) is 5.02 Å². The molecule has 6 nitrogen and oxygen atoms in total. The maximum Gasteiger partial charge on any atom is 0.287 e. The van der Waals surface area contributed by atoms with Crippen LogP contribution in [0.25, 0.3) is 0 Å². The van der Waals surface area contributed by atoms with Crippen molar-refractivity contribution in [3.63, 3.8) is 0 Å². The van der Waals surface area contributed by atoms with E-state index in [1.807, 2.05) is 0 Å². The summed E-state index contributed by atoms with van der Waals surface area (Å²) in [5, 5.41) is 2.59. The van der Waals surface area contributed by atoms with Crippen molar-refractivity contribution in [3.8, 4) is 0 Å². The van der Waals surface area contributed by atoms with Gasteiger partial charge in [-0.3, -0.25) is 4.57 Å². The average Bonchev–Trinajstić information content (AvgIpc) is 2.84. The number of rotatable bonds is 0. The first-order valence-electron chi connectivity index (χ1n) is 5.07. The second-order valence-corrected chi connectivity index (χ2v) is 5.73. The third kappa shape index (κ3) is 1.98. The van der Waals surface area contributed by atoms with E-state index in [0.717, 1.165) is 6.07 Å². The van der Waals surface area contributed by atoms with E-state index < -0.39 is 15.8 Å². The molecule has 0 atom stereocenters. The Morgan fingerprint density at radius 3 is 2.84 bits per heavy atom. The average molecular weight is 301 g/mol. The summed E-state index contributed by atoms with van der Waals surface area (Å²) < 4.78 is 42.2. The van der Waals surface area contributed by atoms with E-state index in [-0.39, 0.29) is 21.6 Å². The van der Waals surface area contributed by atoms with Crippen molar-refractivity contribution in [1.82, 2.24) is 9.55 Å². The number of hydrogen-bond acceptors (Lipinski definition) is 4. The first-order valence-corrected chi connectivity index (χ1v) is 6.88. The van der Waals surface area contributed by atoms with Crippen molar-refractivity contribution < 1.29 is 12.8 Å². The maximum atomic E-state index is 13.3. The van der Waals surface area contributed by atoms with Gasteiger partial charge >= 0.3 is 0 Å². The lowest BCUT2D eigenvalue weighted by molar-refractivity contribution is 0.592. The summed E-state index contributed by atoms with van der Waals surface area (Å²) in [5.74, 6) is -0.764. The number of halogens is 2. The largest absolute Gasteiger partial charge is 0.323 e. The third-order valence-corrected chi connectivity index (χ3v) is 4.10. The monoisotopic (exact) mass is 300 g/mol. The van der Waals surface area contributed by atoms with E-state index in [4.69, 9.17) is 11.6 Å². The first-order chi connectivity index (χ1) is 8.97. The minimum absolute atomic E-state index is 0.0488. The number of nitrogens with one attached hydrogen (secondary N) is 1. The molecule has 0 bridgehead atoms. The number of hydrogen-bond donors (Lipinski definition) is 1. The number of aromatic nitrogens is 2. The number of benzene rings is 1. The predicted molar refractivity (Wildman–Crippen MR) is 67.3 cm³/mol. The Kier molecular flexibility index (Phi) is 2.58. The van der Waals surface area contributed by atoms with E-state index in [2.05, 4.69) is 14.7 Å². The molecule has 0 saturated carbocycles. The van der Waals surface area contributed by atoms with Crippen molar-refractivity contribution in [3.05, 3.63) is 41.7 Å².